The van der Waals surface area contributed by atoms with Gasteiger partial charge in [0.2, 0.25) is 0 Å². The molecule has 4 aromatic carbocycles. The van der Waals surface area contributed by atoms with E-state index in [1.54, 1.807) is 14.2 Å². The van der Waals surface area contributed by atoms with Crippen molar-refractivity contribution >= 4 is 22.3 Å². The number of aromatic nitrogens is 1. The van der Waals surface area contributed by atoms with E-state index < -0.39 is 0 Å². The Bertz CT molecular complexity index is 1540. The second kappa shape index (κ2) is 11.2. The van der Waals surface area contributed by atoms with E-state index in [4.69, 9.17) is 14.5 Å². The molecule has 2 N–H and O–H groups in total. The van der Waals surface area contributed by atoms with E-state index in [9.17, 15) is 5.11 Å². The van der Waals surface area contributed by atoms with Crippen LogP contribution in [0.15, 0.2) is 102 Å². The first kappa shape index (κ1) is 25.1. The van der Waals surface area contributed by atoms with Gasteiger partial charge < -0.3 is 19.6 Å². The number of fused-ring (bicyclic) bond motifs is 1. The zero-order valence-corrected chi connectivity index (χ0v) is 21.8. The highest BCUT2D eigenvalue weighted by atomic mass is 16.5. The van der Waals surface area contributed by atoms with Gasteiger partial charge in [0, 0.05) is 30.1 Å². The van der Waals surface area contributed by atoms with Gasteiger partial charge in [0.25, 0.3) is 0 Å². The molecule has 0 amide bonds. The number of rotatable bonds is 9. The normalized spacial score (nSPS) is 11.7. The summed E-state index contributed by atoms with van der Waals surface area (Å²) in [4.78, 5) is 10.4. The van der Waals surface area contributed by atoms with Gasteiger partial charge in [0.15, 0.2) is 17.4 Å². The minimum atomic E-state index is 0.0390. The Morgan fingerprint density at radius 1 is 0.789 bits per heavy atom. The van der Waals surface area contributed by atoms with Crippen LogP contribution in [0.5, 0.6) is 17.4 Å². The van der Waals surface area contributed by atoms with Gasteiger partial charge in [-0.15, -0.1) is 0 Å². The Labute approximate surface area is 222 Å². The zero-order chi connectivity index (χ0) is 26.5. The number of nitrogens with one attached hydrogen (secondary N) is 1. The number of hydrogen-bond donors (Lipinski definition) is 2. The maximum Gasteiger partial charge on any atom is 0.199 e. The van der Waals surface area contributed by atoms with Crippen LogP contribution >= 0.6 is 0 Å². The van der Waals surface area contributed by atoms with Crippen molar-refractivity contribution in [3.8, 4) is 17.4 Å². The summed E-state index contributed by atoms with van der Waals surface area (Å²) in [5.74, 6) is 1.20. The lowest BCUT2D eigenvalue weighted by Crippen LogP contribution is -2.17. The molecule has 0 saturated carbocycles. The van der Waals surface area contributed by atoms with E-state index in [2.05, 4.69) is 53.3 Å². The summed E-state index contributed by atoms with van der Waals surface area (Å²) >= 11 is 0. The minimum Gasteiger partial charge on any atom is -0.494 e. The fourth-order valence-corrected chi connectivity index (χ4v) is 4.68. The Kier molecular flexibility index (Phi) is 7.43. The van der Waals surface area contributed by atoms with Crippen LogP contribution < -0.4 is 9.47 Å². The second-order valence-corrected chi connectivity index (χ2v) is 9.25. The first-order chi connectivity index (χ1) is 18.6. The van der Waals surface area contributed by atoms with Crippen molar-refractivity contribution in [3.05, 3.63) is 119 Å². The summed E-state index contributed by atoms with van der Waals surface area (Å²) in [6.07, 6.45) is 0. The van der Waals surface area contributed by atoms with Gasteiger partial charge in [-0.1, -0.05) is 72.8 Å². The molecule has 1 heterocycles. The maximum atomic E-state index is 11.0. The first-order valence-electron chi connectivity index (χ1n) is 12.5. The molecule has 38 heavy (non-hydrogen) atoms. The predicted octanol–water partition coefficient (Wildman–Crippen LogP) is 6.69. The summed E-state index contributed by atoms with van der Waals surface area (Å²) < 4.78 is 11.0. The lowest BCUT2D eigenvalue weighted by atomic mass is 10.0. The quantitative estimate of drug-likeness (QED) is 0.219. The third-order valence-corrected chi connectivity index (χ3v) is 6.49. The predicted molar refractivity (Wildman–Crippen MR) is 153 cm³/mol. The molecule has 192 valence electrons. The van der Waals surface area contributed by atoms with Crippen molar-refractivity contribution in [2.75, 3.05) is 21.3 Å². The van der Waals surface area contributed by atoms with Crippen LogP contribution in [0.3, 0.4) is 0 Å². The molecular formula is C32H31N3O3. The lowest BCUT2D eigenvalue weighted by Gasteiger charge is -2.17. The van der Waals surface area contributed by atoms with E-state index in [0.29, 0.717) is 22.8 Å². The first-order valence-corrected chi connectivity index (χ1v) is 12.5. The number of H-pyrrole nitrogens is 1. The standard InChI is InChI=1S/C32H31N3O3/c1-35(20-22-10-6-4-7-11-22)21-23-14-16-25(17-15-23)33-31(24-12-8-5-9-13-24)30-26-18-28(37-2)29(38-3)19-27(26)34-32(30)36/h4-19,34,36H,20-21H2,1-3H3. The van der Waals surface area contributed by atoms with Crippen molar-refractivity contribution < 1.29 is 14.6 Å². The fourth-order valence-electron chi connectivity index (χ4n) is 4.68. The number of benzene rings is 4. The van der Waals surface area contributed by atoms with Crippen molar-refractivity contribution in [1.29, 1.82) is 0 Å². The molecular weight excluding hydrogens is 474 g/mol. The molecule has 5 aromatic rings. The highest BCUT2D eigenvalue weighted by Crippen LogP contribution is 2.38. The maximum absolute atomic E-state index is 11.0. The SMILES string of the molecule is COc1cc2[nH]c(O)c(C(=Nc3ccc(CN(C)Cc4ccccc4)cc3)c3ccccc3)c2cc1OC. The lowest BCUT2D eigenvalue weighted by molar-refractivity contribution is 0.319. The summed E-state index contributed by atoms with van der Waals surface area (Å²) in [5.41, 5.74) is 6.19. The van der Waals surface area contributed by atoms with E-state index in [1.807, 2.05) is 60.7 Å². The van der Waals surface area contributed by atoms with Crippen molar-refractivity contribution in [2.45, 2.75) is 13.1 Å². The van der Waals surface area contributed by atoms with Gasteiger partial charge in [0.1, 0.15) is 0 Å². The van der Waals surface area contributed by atoms with Gasteiger partial charge in [-0.2, -0.15) is 0 Å². The Morgan fingerprint density at radius 3 is 2.00 bits per heavy atom. The van der Waals surface area contributed by atoms with Gasteiger partial charge >= 0.3 is 0 Å². The molecule has 1 aromatic heterocycles. The molecule has 0 aliphatic heterocycles. The second-order valence-electron chi connectivity index (χ2n) is 9.25. The molecule has 0 fully saturated rings. The van der Waals surface area contributed by atoms with Crippen molar-refractivity contribution in [1.82, 2.24) is 9.88 Å². The van der Waals surface area contributed by atoms with E-state index in [0.717, 1.165) is 35.2 Å². The Hall–Kier alpha value is -4.55. The third-order valence-electron chi connectivity index (χ3n) is 6.49. The molecule has 0 saturated heterocycles. The number of methoxy groups -OCH3 is 2. The van der Waals surface area contributed by atoms with Crippen LogP contribution in [-0.4, -0.2) is 42.0 Å². The van der Waals surface area contributed by atoms with Crippen LogP contribution in [0.2, 0.25) is 0 Å². The molecule has 0 bridgehead atoms. The van der Waals surface area contributed by atoms with Crippen LogP contribution in [0, 0.1) is 0 Å². The highest BCUT2D eigenvalue weighted by molar-refractivity contribution is 6.22. The average molecular weight is 506 g/mol. The van der Waals surface area contributed by atoms with Crippen LogP contribution in [0.25, 0.3) is 10.9 Å². The molecule has 5 rings (SSSR count). The number of nitrogens with zero attached hydrogens (tertiary/aromatic N) is 2. The summed E-state index contributed by atoms with van der Waals surface area (Å²) in [7, 11) is 5.31. The minimum absolute atomic E-state index is 0.0390. The third kappa shape index (κ3) is 5.41. The molecule has 6 nitrogen and oxygen atoms in total. The smallest absolute Gasteiger partial charge is 0.199 e. The fraction of sp³-hybridized carbons (Fsp3) is 0.156. The molecule has 0 aliphatic rings. The molecule has 0 spiro atoms. The van der Waals surface area contributed by atoms with Gasteiger partial charge in [0.05, 0.1) is 36.7 Å². The van der Waals surface area contributed by atoms with Gasteiger partial charge in [-0.3, -0.25) is 4.90 Å². The molecule has 6 heteroatoms. The molecule has 0 atom stereocenters. The van der Waals surface area contributed by atoms with E-state index in [1.165, 1.54) is 11.1 Å². The van der Waals surface area contributed by atoms with Gasteiger partial charge in [-0.05, 0) is 36.4 Å². The van der Waals surface area contributed by atoms with Crippen molar-refractivity contribution in [3.63, 3.8) is 0 Å². The number of ether oxygens (including phenoxy) is 2. The molecule has 0 unspecified atom stereocenters. The van der Waals surface area contributed by atoms with Crippen molar-refractivity contribution in [2.24, 2.45) is 4.99 Å². The number of aliphatic imine (C=N–C) groups is 1. The molecule has 0 radical (unpaired) electrons. The van der Waals surface area contributed by atoms with Gasteiger partial charge in [-0.25, -0.2) is 4.99 Å². The highest BCUT2D eigenvalue weighted by Gasteiger charge is 2.21. The number of hydrogen-bond acceptors (Lipinski definition) is 5. The summed E-state index contributed by atoms with van der Waals surface area (Å²) in [6.45, 7) is 1.71. The van der Waals surface area contributed by atoms with Crippen LogP contribution in [0.1, 0.15) is 22.3 Å². The Balaban J connectivity index is 1.50. The number of aromatic amines is 1. The largest absolute Gasteiger partial charge is 0.494 e. The number of aromatic hydroxyl groups is 1. The summed E-state index contributed by atoms with van der Waals surface area (Å²) in [5, 5.41) is 11.8. The molecule has 0 aliphatic carbocycles. The van der Waals surface area contributed by atoms with Crippen LogP contribution in [0.4, 0.5) is 5.69 Å². The summed E-state index contributed by atoms with van der Waals surface area (Å²) in [6, 6.07) is 32.3. The van der Waals surface area contributed by atoms with E-state index >= 15 is 0 Å². The average Bonchev–Trinajstić information content (AvgIpc) is 3.27. The van der Waals surface area contributed by atoms with Crippen LogP contribution in [-0.2, 0) is 13.1 Å². The topological polar surface area (TPSA) is 70.1 Å². The Morgan fingerprint density at radius 2 is 1.37 bits per heavy atom. The van der Waals surface area contributed by atoms with E-state index in [-0.39, 0.29) is 5.88 Å². The zero-order valence-electron chi connectivity index (χ0n) is 21.8. The monoisotopic (exact) mass is 505 g/mol.